The van der Waals surface area contributed by atoms with E-state index in [1.54, 1.807) is 42.7 Å². The summed E-state index contributed by atoms with van der Waals surface area (Å²) in [4.78, 5) is 15.4. The molecule has 0 fully saturated rings. The smallest absolute Gasteiger partial charge is 0.243 e. The molecule has 0 aliphatic rings. The van der Waals surface area contributed by atoms with E-state index in [1.165, 1.54) is 16.8 Å². The van der Waals surface area contributed by atoms with Crippen LogP contribution in [0.15, 0.2) is 78.0 Å². The first kappa shape index (κ1) is 22.7. The summed E-state index contributed by atoms with van der Waals surface area (Å²) >= 11 is 0. The topological polar surface area (TPSA) is 79.4 Å². The second-order valence-corrected chi connectivity index (χ2v) is 9.30. The van der Waals surface area contributed by atoms with E-state index in [1.807, 2.05) is 30.3 Å². The number of carbonyl (C=O) groups is 1. The molecule has 6 nitrogen and oxygen atoms in total. The zero-order valence-corrected chi connectivity index (χ0v) is 18.6. The molecule has 0 saturated carbocycles. The quantitative estimate of drug-likeness (QED) is 0.554. The highest BCUT2D eigenvalue weighted by atomic mass is 32.2. The molecule has 1 N–H and O–H groups in total. The lowest BCUT2D eigenvalue weighted by Crippen LogP contribution is -2.30. The molecule has 0 radical (unpaired) electrons. The van der Waals surface area contributed by atoms with Crippen molar-refractivity contribution in [3.8, 4) is 0 Å². The van der Waals surface area contributed by atoms with Crippen LogP contribution in [0.25, 0.3) is 0 Å². The molecule has 0 unspecified atom stereocenters. The van der Waals surface area contributed by atoms with Crippen LogP contribution in [0.3, 0.4) is 0 Å². The third-order valence-electron chi connectivity index (χ3n) is 4.97. The number of carbonyl (C=O) groups excluding carboxylic acids is 1. The zero-order chi connectivity index (χ0) is 22.3. The van der Waals surface area contributed by atoms with Crippen molar-refractivity contribution in [1.29, 1.82) is 0 Å². The van der Waals surface area contributed by atoms with Crippen molar-refractivity contribution in [3.05, 3.63) is 95.3 Å². The first-order valence-electron chi connectivity index (χ1n) is 10.2. The molecule has 0 spiro atoms. The van der Waals surface area contributed by atoms with Gasteiger partial charge in [0.1, 0.15) is 0 Å². The van der Waals surface area contributed by atoms with Gasteiger partial charge >= 0.3 is 0 Å². The average Bonchev–Trinajstić information content (AvgIpc) is 2.78. The first-order valence-corrected chi connectivity index (χ1v) is 11.6. The van der Waals surface area contributed by atoms with E-state index in [4.69, 9.17) is 0 Å². The monoisotopic (exact) mass is 437 g/mol. The normalized spacial score (nSPS) is 11.5. The summed E-state index contributed by atoms with van der Waals surface area (Å²) in [7, 11) is -3.74. The molecule has 2 aromatic carbocycles. The van der Waals surface area contributed by atoms with Crippen LogP contribution in [-0.4, -0.2) is 23.6 Å². The van der Waals surface area contributed by atoms with Crippen LogP contribution in [-0.2, 0) is 40.9 Å². The summed E-state index contributed by atoms with van der Waals surface area (Å²) in [5.74, 6) is -0.131. The summed E-state index contributed by atoms with van der Waals surface area (Å²) in [6.45, 7) is 4.37. The fraction of sp³-hybridized carbons (Fsp3) is 0.250. The van der Waals surface area contributed by atoms with Crippen molar-refractivity contribution in [2.75, 3.05) is 0 Å². The van der Waals surface area contributed by atoms with Crippen LogP contribution in [0.4, 0.5) is 0 Å². The molecule has 0 aliphatic heterocycles. The Bertz CT molecular complexity index is 1100. The Hall–Kier alpha value is -3.03. The Balaban J connectivity index is 1.87. The molecule has 0 saturated heterocycles. The second kappa shape index (κ2) is 10.3. The minimum atomic E-state index is -3.74. The van der Waals surface area contributed by atoms with Crippen LogP contribution in [0.5, 0.6) is 0 Å². The highest BCUT2D eigenvalue weighted by molar-refractivity contribution is 7.89. The van der Waals surface area contributed by atoms with Crippen LogP contribution in [0, 0.1) is 0 Å². The average molecular weight is 438 g/mol. The van der Waals surface area contributed by atoms with Crippen LogP contribution < -0.4 is 5.32 Å². The van der Waals surface area contributed by atoms with Gasteiger partial charge in [-0.1, -0.05) is 49.4 Å². The molecular weight excluding hydrogens is 410 g/mol. The number of nitrogens with zero attached hydrogens (tertiary/aromatic N) is 2. The minimum absolute atomic E-state index is 0.131. The van der Waals surface area contributed by atoms with Gasteiger partial charge in [0.25, 0.3) is 0 Å². The van der Waals surface area contributed by atoms with Crippen molar-refractivity contribution < 1.29 is 13.2 Å². The minimum Gasteiger partial charge on any atom is -0.352 e. The van der Waals surface area contributed by atoms with Gasteiger partial charge in [0.2, 0.25) is 15.9 Å². The maximum absolute atomic E-state index is 13.5. The summed E-state index contributed by atoms with van der Waals surface area (Å²) in [5.41, 5.74) is 3.79. The van der Waals surface area contributed by atoms with E-state index in [0.29, 0.717) is 6.54 Å². The number of benzene rings is 2. The van der Waals surface area contributed by atoms with Crippen molar-refractivity contribution in [1.82, 2.24) is 14.6 Å². The van der Waals surface area contributed by atoms with Crippen LogP contribution in [0.1, 0.15) is 36.1 Å². The molecule has 162 valence electrons. The molecular formula is C24H27N3O3S. The maximum Gasteiger partial charge on any atom is 0.243 e. The fourth-order valence-corrected chi connectivity index (χ4v) is 4.58. The van der Waals surface area contributed by atoms with E-state index in [0.717, 1.165) is 23.1 Å². The van der Waals surface area contributed by atoms with E-state index >= 15 is 0 Å². The number of aromatic nitrogens is 1. The van der Waals surface area contributed by atoms with E-state index in [2.05, 4.69) is 17.2 Å². The number of sulfonamides is 1. The third-order valence-corrected chi connectivity index (χ3v) is 6.78. The zero-order valence-electron chi connectivity index (χ0n) is 17.8. The third kappa shape index (κ3) is 6.23. The number of aryl methyl sites for hydroxylation is 1. The highest BCUT2D eigenvalue weighted by Crippen LogP contribution is 2.22. The standard InChI is InChI=1S/C24H27N3O3S/c1-3-20-6-8-22(9-7-20)17-27(18-23-5-4-14-25-15-23)31(29,30)24-12-10-21(11-13-24)16-26-19(2)28/h4-15H,3,16-18H2,1-2H3,(H,26,28). The van der Waals surface area contributed by atoms with Crippen molar-refractivity contribution in [2.24, 2.45) is 0 Å². The molecule has 0 aliphatic carbocycles. The lowest BCUT2D eigenvalue weighted by molar-refractivity contribution is -0.119. The van der Waals surface area contributed by atoms with Gasteiger partial charge in [0.15, 0.2) is 0 Å². The Morgan fingerprint density at radius 2 is 1.52 bits per heavy atom. The molecule has 3 aromatic rings. The number of pyridine rings is 1. The summed E-state index contributed by atoms with van der Waals surface area (Å²) in [5, 5.41) is 2.71. The van der Waals surface area contributed by atoms with Gasteiger partial charge in [0, 0.05) is 39.0 Å². The number of rotatable bonds is 9. The lowest BCUT2D eigenvalue weighted by Gasteiger charge is -2.23. The molecule has 1 aromatic heterocycles. The van der Waals surface area contributed by atoms with Crippen LogP contribution in [0.2, 0.25) is 0 Å². The Labute approximate surface area is 184 Å². The van der Waals surface area contributed by atoms with Crippen molar-refractivity contribution >= 4 is 15.9 Å². The second-order valence-electron chi connectivity index (χ2n) is 7.36. The largest absolute Gasteiger partial charge is 0.352 e. The molecule has 3 rings (SSSR count). The predicted molar refractivity (Wildman–Crippen MR) is 120 cm³/mol. The van der Waals surface area contributed by atoms with Gasteiger partial charge in [-0.05, 0) is 46.9 Å². The van der Waals surface area contributed by atoms with E-state index < -0.39 is 10.0 Å². The Morgan fingerprint density at radius 3 is 2.10 bits per heavy atom. The first-order chi connectivity index (χ1) is 14.9. The predicted octanol–water partition coefficient (Wildman–Crippen LogP) is 3.67. The lowest BCUT2D eigenvalue weighted by atomic mass is 10.1. The molecule has 1 amide bonds. The molecule has 31 heavy (non-hydrogen) atoms. The Morgan fingerprint density at radius 1 is 0.903 bits per heavy atom. The van der Waals surface area contributed by atoms with Crippen molar-refractivity contribution in [3.63, 3.8) is 0 Å². The van der Waals surface area contributed by atoms with Crippen molar-refractivity contribution in [2.45, 2.75) is 44.8 Å². The van der Waals surface area contributed by atoms with E-state index in [9.17, 15) is 13.2 Å². The van der Waals surface area contributed by atoms with Gasteiger partial charge in [-0.25, -0.2) is 8.42 Å². The van der Waals surface area contributed by atoms with Gasteiger partial charge in [-0.2, -0.15) is 4.31 Å². The van der Waals surface area contributed by atoms with E-state index in [-0.39, 0.29) is 23.9 Å². The summed E-state index contributed by atoms with van der Waals surface area (Å²) in [6.07, 6.45) is 4.28. The SMILES string of the molecule is CCc1ccc(CN(Cc2cccnc2)S(=O)(=O)c2ccc(CNC(C)=O)cc2)cc1. The van der Waals surface area contributed by atoms with Gasteiger partial charge in [-0.15, -0.1) is 0 Å². The molecule has 1 heterocycles. The number of hydrogen-bond donors (Lipinski definition) is 1. The molecule has 0 atom stereocenters. The van der Waals surface area contributed by atoms with Gasteiger partial charge in [0.05, 0.1) is 4.90 Å². The fourth-order valence-electron chi connectivity index (χ4n) is 3.16. The highest BCUT2D eigenvalue weighted by Gasteiger charge is 2.25. The number of nitrogens with one attached hydrogen (secondary N) is 1. The van der Waals surface area contributed by atoms with Gasteiger partial charge < -0.3 is 5.32 Å². The molecule has 7 heteroatoms. The maximum atomic E-state index is 13.5. The van der Waals surface area contributed by atoms with Crippen LogP contribution >= 0.6 is 0 Å². The Kier molecular flexibility index (Phi) is 7.55. The van der Waals surface area contributed by atoms with Gasteiger partial charge in [-0.3, -0.25) is 9.78 Å². The number of amides is 1. The molecule has 0 bridgehead atoms. The summed E-state index contributed by atoms with van der Waals surface area (Å²) < 4.78 is 28.4. The number of hydrogen-bond acceptors (Lipinski definition) is 4. The summed E-state index contributed by atoms with van der Waals surface area (Å²) in [6, 6.07) is 18.3.